The first-order chi connectivity index (χ1) is 12.4. The minimum atomic E-state index is -0.754. The summed E-state index contributed by atoms with van der Waals surface area (Å²) in [6.45, 7) is 2.38. The Morgan fingerprint density at radius 1 is 1.31 bits per heavy atom. The van der Waals surface area contributed by atoms with Crippen LogP contribution in [0.15, 0.2) is 24.3 Å². The zero-order chi connectivity index (χ0) is 19.1. The number of primary amides is 1. The molecule has 0 radical (unpaired) electrons. The van der Waals surface area contributed by atoms with E-state index in [4.69, 9.17) is 22.1 Å². The number of hydrogen-bond acceptors (Lipinski definition) is 4. The first-order valence-corrected chi connectivity index (χ1v) is 9.01. The molecule has 3 N–H and O–H groups in total. The predicted molar refractivity (Wildman–Crippen MR) is 97.5 cm³/mol. The van der Waals surface area contributed by atoms with Crippen LogP contribution in [0.25, 0.3) is 0 Å². The van der Waals surface area contributed by atoms with Gasteiger partial charge in [0.2, 0.25) is 0 Å². The normalized spacial score (nSPS) is 18.1. The number of halogens is 1. The number of likely N-dealkylation sites (tertiary alicyclic amines) is 1. The predicted octanol–water partition coefficient (Wildman–Crippen LogP) is 2.38. The average Bonchev–Trinajstić information content (AvgIpc) is 2.60. The Morgan fingerprint density at radius 3 is 2.62 bits per heavy atom. The molecule has 0 aliphatic carbocycles. The Hall–Kier alpha value is -2.28. The third kappa shape index (κ3) is 5.91. The molecule has 0 aromatic heterocycles. The average molecular weight is 382 g/mol. The monoisotopic (exact) mass is 381 g/mol. The van der Waals surface area contributed by atoms with Crippen molar-refractivity contribution < 1.29 is 19.1 Å². The van der Waals surface area contributed by atoms with Crippen molar-refractivity contribution in [3.05, 3.63) is 34.9 Å². The topological polar surface area (TPSA) is 102 Å². The summed E-state index contributed by atoms with van der Waals surface area (Å²) in [5.74, 6) is -0.784. The highest BCUT2D eigenvalue weighted by atomic mass is 35.5. The van der Waals surface area contributed by atoms with Gasteiger partial charge in [-0.15, -0.1) is 0 Å². The van der Waals surface area contributed by atoms with E-state index in [9.17, 15) is 14.4 Å². The lowest BCUT2D eigenvalue weighted by atomic mass is 10.0. The van der Waals surface area contributed by atoms with E-state index in [0.29, 0.717) is 17.1 Å². The molecule has 26 heavy (non-hydrogen) atoms. The fourth-order valence-electron chi connectivity index (χ4n) is 3.04. The van der Waals surface area contributed by atoms with E-state index >= 15 is 0 Å². The number of amides is 3. The molecule has 1 aliphatic heterocycles. The second-order valence-electron chi connectivity index (χ2n) is 6.41. The smallest absolute Gasteiger partial charge is 0.312 e. The number of carbonyl (C=O) groups is 3. The maximum absolute atomic E-state index is 12.2. The first-order valence-electron chi connectivity index (χ1n) is 8.63. The third-order valence-electron chi connectivity index (χ3n) is 4.44. The molecule has 142 valence electrons. The molecule has 1 fully saturated rings. The van der Waals surface area contributed by atoms with Gasteiger partial charge in [0.25, 0.3) is 5.91 Å². The minimum absolute atomic E-state index is 0.132. The van der Waals surface area contributed by atoms with Crippen LogP contribution >= 0.6 is 11.6 Å². The number of piperidine rings is 1. The Balaban J connectivity index is 1.91. The van der Waals surface area contributed by atoms with Crippen molar-refractivity contribution in [3.63, 3.8) is 0 Å². The SMILES string of the molecule is C[C@@H]1CCCCN1C(=O)COC(=O)C[C@H](NC(N)=O)c1ccc(Cl)cc1. The van der Waals surface area contributed by atoms with Crippen LogP contribution in [0.4, 0.5) is 4.79 Å². The van der Waals surface area contributed by atoms with Gasteiger partial charge in [-0.25, -0.2) is 4.79 Å². The van der Waals surface area contributed by atoms with Crippen molar-refractivity contribution in [1.82, 2.24) is 10.2 Å². The molecule has 0 bridgehead atoms. The van der Waals surface area contributed by atoms with Crippen molar-refractivity contribution in [2.24, 2.45) is 5.73 Å². The van der Waals surface area contributed by atoms with E-state index in [0.717, 1.165) is 19.3 Å². The Labute approximate surface area is 157 Å². The van der Waals surface area contributed by atoms with Gasteiger partial charge in [-0.1, -0.05) is 23.7 Å². The van der Waals surface area contributed by atoms with Crippen molar-refractivity contribution >= 4 is 29.5 Å². The van der Waals surface area contributed by atoms with Crippen LogP contribution in [0.2, 0.25) is 5.02 Å². The van der Waals surface area contributed by atoms with E-state index in [-0.39, 0.29) is 25.0 Å². The Kier molecular flexibility index (Phi) is 7.26. The number of carbonyl (C=O) groups excluding carboxylic acids is 3. The first kappa shape index (κ1) is 20.0. The second-order valence-corrected chi connectivity index (χ2v) is 6.85. The van der Waals surface area contributed by atoms with Crippen molar-refractivity contribution in [2.75, 3.05) is 13.2 Å². The summed E-state index contributed by atoms with van der Waals surface area (Å²) in [5.41, 5.74) is 5.85. The van der Waals surface area contributed by atoms with E-state index in [2.05, 4.69) is 5.32 Å². The Bertz CT molecular complexity index is 650. The van der Waals surface area contributed by atoms with E-state index < -0.39 is 18.0 Å². The molecule has 1 aromatic carbocycles. The quantitative estimate of drug-likeness (QED) is 0.738. The number of rotatable bonds is 6. The molecule has 7 nitrogen and oxygen atoms in total. The van der Waals surface area contributed by atoms with Gasteiger partial charge in [-0.3, -0.25) is 9.59 Å². The lowest BCUT2D eigenvalue weighted by Crippen LogP contribution is -2.44. The fraction of sp³-hybridized carbons (Fsp3) is 0.500. The van der Waals surface area contributed by atoms with Gasteiger partial charge in [0.1, 0.15) is 0 Å². The lowest BCUT2D eigenvalue weighted by molar-refractivity contribution is -0.153. The van der Waals surface area contributed by atoms with E-state index in [1.54, 1.807) is 29.2 Å². The van der Waals surface area contributed by atoms with Gasteiger partial charge in [0.15, 0.2) is 6.61 Å². The van der Waals surface area contributed by atoms with Gasteiger partial charge < -0.3 is 20.7 Å². The van der Waals surface area contributed by atoms with E-state index in [1.165, 1.54) is 0 Å². The number of benzene rings is 1. The fourth-order valence-corrected chi connectivity index (χ4v) is 3.16. The van der Waals surface area contributed by atoms with E-state index in [1.807, 2.05) is 6.92 Å². The Morgan fingerprint density at radius 2 is 2.00 bits per heavy atom. The van der Waals surface area contributed by atoms with Crippen LogP contribution in [0, 0.1) is 0 Å². The number of nitrogens with zero attached hydrogens (tertiary/aromatic N) is 1. The van der Waals surface area contributed by atoms with Crippen molar-refractivity contribution in [1.29, 1.82) is 0 Å². The summed E-state index contributed by atoms with van der Waals surface area (Å²) in [5, 5.41) is 3.04. The number of hydrogen-bond donors (Lipinski definition) is 2. The van der Waals surface area contributed by atoms with Gasteiger partial charge in [0, 0.05) is 17.6 Å². The number of urea groups is 1. The van der Waals surface area contributed by atoms with Gasteiger partial charge in [-0.05, 0) is 43.9 Å². The zero-order valence-corrected chi connectivity index (χ0v) is 15.5. The molecule has 1 heterocycles. The summed E-state index contributed by atoms with van der Waals surface area (Å²) in [7, 11) is 0. The highest BCUT2D eigenvalue weighted by Gasteiger charge is 2.25. The van der Waals surface area contributed by atoms with Crippen LogP contribution in [0.1, 0.15) is 44.2 Å². The number of nitrogens with two attached hydrogens (primary N) is 1. The number of esters is 1. The molecule has 0 saturated carbocycles. The summed E-state index contributed by atoms with van der Waals surface area (Å²) >= 11 is 5.85. The number of ether oxygens (including phenoxy) is 1. The van der Waals surface area contributed by atoms with Gasteiger partial charge >= 0.3 is 12.0 Å². The summed E-state index contributed by atoms with van der Waals surface area (Å²) in [6, 6.07) is 5.44. The highest BCUT2D eigenvalue weighted by Crippen LogP contribution is 2.20. The maximum atomic E-state index is 12.2. The highest BCUT2D eigenvalue weighted by molar-refractivity contribution is 6.30. The van der Waals surface area contributed by atoms with Crippen LogP contribution in [0.5, 0.6) is 0 Å². The van der Waals surface area contributed by atoms with Gasteiger partial charge in [0.05, 0.1) is 12.5 Å². The molecule has 8 heteroatoms. The van der Waals surface area contributed by atoms with Crippen LogP contribution in [-0.2, 0) is 14.3 Å². The lowest BCUT2D eigenvalue weighted by Gasteiger charge is -2.33. The molecule has 0 spiro atoms. The minimum Gasteiger partial charge on any atom is -0.455 e. The molecule has 2 rings (SSSR count). The van der Waals surface area contributed by atoms with Crippen molar-refractivity contribution in [2.45, 2.75) is 44.7 Å². The standard InChI is InChI=1S/C18H24ClN3O4/c1-12-4-2-3-9-22(12)16(23)11-26-17(24)10-15(21-18(20)25)13-5-7-14(19)8-6-13/h5-8,12,15H,2-4,9-11H2,1H3,(H3,20,21,25)/t12-,15+/m1/s1. The van der Waals surface area contributed by atoms with Crippen LogP contribution < -0.4 is 11.1 Å². The molecule has 1 saturated heterocycles. The zero-order valence-electron chi connectivity index (χ0n) is 14.7. The largest absolute Gasteiger partial charge is 0.455 e. The molecule has 0 unspecified atom stereocenters. The van der Waals surface area contributed by atoms with Crippen LogP contribution in [0.3, 0.4) is 0 Å². The van der Waals surface area contributed by atoms with Gasteiger partial charge in [-0.2, -0.15) is 0 Å². The summed E-state index contributed by atoms with van der Waals surface area (Å²) in [6.07, 6.45) is 2.89. The molecular formula is C18H24ClN3O4. The van der Waals surface area contributed by atoms with Crippen molar-refractivity contribution in [3.8, 4) is 0 Å². The molecule has 1 aliphatic rings. The molecule has 1 aromatic rings. The molecule has 3 amide bonds. The summed E-state index contributed by atoms with van der Waals surface area (Å²) in [4.78, 5) is 37.3. The molecular weight excluding hydrogens is 358 g/mol. The maximum Gasteiger partial charge on any atom is 0.312 e. The number of nitrogens with one attached hydrogen (secondary N) is 1. The second kappa shape index (κ2) is 9.43. The summed E-state index contributed by atoms with van der Waals surface area (Å²) < 4.78 is 5.11. The van der Waals surface area contributed by atoms with Crippen LogP contribution in [-0.4, -0.2) is 42.0 Å². The third-order valence-corrected chi connectivity index (χ3v) is 4.69. The molecule has 2 atom stereocenters.